The summed E-state index contributed by atoms with van der Waals surface area (Å²) in [5, 5.41) is 8.43. The quantitative estimate of drug-likeness (QED) is 0.592. The molecule has 1 aromatic carbocycles. The van der Waals surface area contributed by atoms with Crippen molar-refractivity contribution in [1.82, 2.24) is 0 Å². The summed E-state index contributed by atoms with van der Waals surface area (Å²) in [7, 11) is 2.87. The van der Waals surface area contributed by atoms with Crippen LogP contribution < -0.4 is 14.2 Å². The lowest BCUT2D eigenvalue weighted by Gasteiger charge is -2.10. The zero-order valence-electron chi connectivity index (χ0n) is 7.81. The molecule has 0 heterocycles. The van der Waals surface area contributed by atoms with Crippen molar-refractivity contribution in [3.63, 3.8) is 0 Å². The van der Waals surface area contributed by atoms with Crippen LogP contribution in [0.1, 0.15) is 0 Å². The summed E-state index contributed by atoms with van der Waals surface area (Å²) < 4.78 is 14.4. The number of benzene rings is 1. The first-order valence-corrected chi connectivity index (χ1v) is 3.80. The third-order valence-corrected chi connectivity index (χ3v) is 1.56. The van der Waals surface area contributed by atoms with Crippen molar-refractivity contribution in [1.29, 1.82) is 0 Å². The van der Waals surface area contributed by atoms with Crippen LogP contribution in [0.15, 0.2) is 18.2 Å². The second-order valence-electron chi connectivity index (χ2n) is 2.36. The topological polar surface area (TPSA) is 65.0 Å². The number of hydrogen-bond acceptors (Lipinski definition) is 4. The second kappa shape index (κ2) is 4.36. The van der Waals surface area contributed by atoms with Crippen LogP contribution in [0.25, 0.3) is 0 Å². The van der Waals surface area contributed by atoms with Gasteiger partial charge < -0.3 is 19.3 Å². The molecule has 1 N–H and O–H groups in total. The first kappa shape index (κ1) is 10.2. The van der Waals surface area contributed by atoms with Crippen molar-refractivity contribution < 1.29 is 24.1 Å². The van der Waals surface area contributed by atoms with Crippen LogP contribution in [-0.4, -0.2) is 25.5 Å². The van der Waals surface area contributed by atoms with Crippen LogP contribution in [0, 0.1) is 0 Å². The second-order valence-corrected chi connectivity index (χ2v) is 2.36. The van der Waals surface area contributed by atoms with E-state index in [9.17, 15) is 4.79 Å². The van der Waals surface area contributed by atoms with Crippen molar-refractivity contribution in [2.75, 3.05) is 14.2 Å². The molecule has 76 valence electrons. The monoisotopic (exact) mass is 198 g/mol. The van der Waals surface area contributed by atoms with Gasteiger partial charge in [0.15, 0.2) is 11.5 Å². The summed E-state index contributed by atoms with van der Waals surface area (Å²) in [5.41, 5.74) is 0. The fourth-order valence-corrected chi connectivity index (χ4v) is 1.03. The first-order chi connectivity index (χ1) is 6.69. The number of rotatable bonds is 3. The SMILES string of the molecule is COc1cccc(OC(=O)O)c1OC. The molecule has 0 bridgehead atoms. The van der Waals surface area contributed by atoms with Crippen molar-refractivity contribution in [3.05, 3.63) is 18.2 Å². The fraction of sp³-hybridized carbons (Fsp3) is 0.222. The maximum atomic E-state index is 10.3. The smallest absolute Gasteiger partial charge is 0.493 e. The van der Waals surface area contributed by atoms with Gasteiger partial charge in [0.25, 0.3) is 0 Å². The number of carbonyl (C=O) groups is 1. The third-order valence-electron chi connectivity index (χ3n) is 1.56. The standard InChI is InChI=1S/C9H10O5/c1-12-6-4-3-5-7(8(6)13-2)14-9(10)11/h3-5H,1-2H3,(H,10,11). The Morgan fingerprint density at radius 2 is 1.86 bits per heavy atom. The highest BCUT2D eigenvalue weighted by molar-refractivity contribution is 5.64. The molecule has 0 aliphatic rings. The molecule has 0 unspecified atom stereocenters. The van der Waals surface area contributed by atoms with Gasteiger partial charge in [0.1, 0.15) is 0 Å². The minimum Gasteiger partial charge on any atom is -0.493 e. The van der Waals surface area contributed by atoms with E-state index in [0.717, 1.165) is 0 Å². The van der Waals surface area contributed by atoms with Gasteiger partial charge in [-0.05, 0) is 12.1 Å². The van der Waals surface area contributed by atoms with Gasteiger partial charge >= 0.3 is 6.16 Å². The Labute approximate surface area is 80.8 Å². The highest BCUT2D eigenvalue weighted by atomic mass is 16.7. The van der Waals surface area contributed by atoms with Gasteiger partial charge in [0.2, 0.25) is 5.75 Å². The number of methoxy groups -OCH3 is 2. The molecule has 0 amide bonds. The predicted molar refractivity (Wildman–Crippen MR) is 48.2 cm³/mol. The van der Waals surface area contributed by atoms with Gasteiger partial charge in [0.05, 0.1) is 14.2 Å². The lowest BCUT2D eigenvalue weighted by atomic mass is 10.3. The molecule has 1 rings (SSSR count). The summed E-state index contributed by atoms with van der Waals surface area (Å²) >= 11 is 0. The number of para-hydroxylation sites is 1. The molecular formula is C9H10O5. The zero-order chi connectivity index (χ0) is 10.6. The fourth-order valence-electron chi connectivity index (χ4n) is 1.03. The minimum absolute atomic E-state index is 0.111. The molecule has 0 aromatic heterocycles. The van der Waals surface area contributed by atoms with Crippen molar-refractivity contribution in [2.45, 2.75) is 0 Å². The molecule has 0 aliphatic carbocycles. The Kier molecular flexibility index (Phi) is 3.17. The molecular weight excluding hydrogens is 188 g/mol. The molecule has 1 aromatic rings. The maximum Gasteiger partial charge on any atom is 0.511 e. The van der Waals surface area contributed by atoms with E-state index < -0.39 is 6.16 Å². The van der Waals surface area contributed by atoms with E-state index in [-0.39, 0.29) is 11.5 Å². The Bertz CT molecular complexity index is 334. The van der Waals surface area contributed by atoms with E-state index in [1.54, 1.807) is 12.1 Å². The Morgan fingerprint density at radius 3 is 2.36 bits per heavy atom. The van der Waals surface area contributed by atoms with Gasteiger partial charge in [-0.2, -0.15) is 0 Å². The van der Waals surface area contributed by atoms with Gasteiger partial charge in [-0.15, -0.1) is 0 Å². The van der Waals surface area contributed by atoms with Crippen LogP contribution >= 0.6 is 0 Å². The molecule has 5 nitrogen and oxygen atoms in total. The van der Waals surface area contributed by atoms with E-state index in [4.69, 9.17) is 14.6 Å². The normalized spacial score (nSPS) is 9.29. The van der Waals surface area contributed by atoms with Gasteiger partial charge in [-0.25, -0.2) is 4.79 Å². The lowest BCUT2D eigenvalue weighted by molar-refractivity contribution is 0.142. The van der Waals surface area contributed by atoms with Crippen LogP contribution in [0.3, 0.4) is 0 Å². The van der Waals surface area contributed by atoms with Crippen molar-refractivity contribution in [3.8, 4) is 17.2 Å². The van der Waals surface area contributed by atoms with E-state index in [1.807, 2.05) is 0 Å². The average Bonchev–Trinajstić information content (AvgIpc) is 2.16. The Hall–Kier alpha value is -1.91. The van der Waals surface area contributed by atoms with Crippen LogP contribution in [0.5, 0.6) is 17.2 Å². The molecule has 0 spiro atoms. The van der Waals surface area contributed by atoms with Crippen LogP contribution in [-0.2, 0) is 0 Å². The number of carboxylic acid groups (broad SMARTS) is 1. The maximum absolute atomic E-state index is 10.3. The molecule has 0 saturated heterocycles. The van der Waals surface area contributed by atoms with Gasteiger partial charge in [-0.1, -0.05) is 6.07 Å². The largest absolute Gasteiger partial charge is 0.511 e. The van der Waals surface area contributed by atoms with E-state index >= 15 is 0 Å². The molecule has 5 heteroatoms. The van der Waals surface area contributed by atoms with E-state index in [0.29, 0.717) is 5.75 Å². The van der Waals surface area contributed by atoms with Crippen LogP contribution in [0.2, 0.25) is 0 Å². The highest BCUT2D eigenvalue weighted by Gasteiger charge is 2.12. The zero-order valence-corrected chi connectivity index (χ0v) is 7.81. The third kappa shape index (κ3) is 2.07. The number of ether oxygens (including phenoxy) is 3. The molecule has 0 saturated carbocycles. The molecule has 0 aliphatic heterocycles. The highest BCUT2D eigenvalue weighted by Crippen LogP contribution is 2.36. The molecule has 0 fully saturated rings. The summed E-state index contributed by atoms with van der Waals surface area (Å²) in [6, 6.07) is 4.74. The summed E-state index contributed by atoms with van der Waals surface area (Å²) in [5.74, 6) is 0.794. The Balaban J connectivity index is 3.08. The predicted octanol–water partition coefficient (Wildman–Crippen LogP) is 1.76. The van der Waals surface area contributed by atoms with E-state index in [2.05, 4.69) is 4.74 Å². The van der Waals surface area contributed by atoms with Gasteiger partial charge in [-0.3, -0.25) is 0 Å². The van der Waals surface area contributed by atoms with E-state index in [1.165, 1.54) is 20.3 Å². The minimum atomic E-state index is -1.39. The summed E-state index contributed by atoms with van der Waals surface area (Å²) in [6.07, 6.45) is -1.39. The lowest BCUT2D eigenvalue weighted by Crippen LogP contribution is -2.04. The molecule has 0 radical (unpaired) electrons. The number of hydrogen-bond donors (Lipinski definition) is 1. The van der Waals surface area contributed by atoms with Crippen molar-refractivity contribution >= 4 is 6.16 Å². The summed E-state index contributed by atoms with van der Waals surface area (Å²) in [4.78, 5) is 10.3. The average molecular weight is 198 g/mol. The molecule has 0 atom stereocenters. The van der Waals surface area contributed by atoms with Crippen LogP contribution in [0.4, 0.5) is 4.79 Å². The Morgan fingerprint density at radius 1 is 1.21 bits per heavy atom. The first-order valence-electron chi connectivity index (χ1n) is 3.80. The van der Waals surface area contributed by atoms with Crippen molar-refractivity contribution in [2.24, 2.45) is 0 Å². The summed E-state index contributed by atoms with van der Waals surface area (Å²) in [6.45, 7) is 0. The van der Waals surface area contributed by atoms with Gasteiger partial charge in [0, 0.05) is 0 Å². The molecule has 14 heavy (non-hydrogen) atoms.